The molecule has 2 heterocycles. The highest BCUT2D eigenvalue weighted by Crippen LogP contribution is 2.40. The molecule has 0 spiro atoms. The van der Waals surface area contributed by atoms with Gasteiger partial charge in [-0.25, -0.2) is 9.37 Å². The number of aryl methyl sites for hydroxylation is 2. The number of rotatable bonds is 7. The van der Waals surface area contributed by atoms with Crippen LogP contribution in [-0.2, 0) is 16.0 Å². The van der Waals surface area contributed by atoms with E-state index in [2.05, 4.69) is 15.3 Å². The van der Waals surface area contributed by atoms with Crippen molar-refractivity contribution in [3.05, 3.63) is 62.3 Å². The molecule has 1 saturated carbocycles. The molecule has 0 aliphatic heterocycles. The number of aromatic nitrogens is 2. The largest absolute Gasteiger partial charge is 0.354 e. The highest BCUT2D eigenvalue weighted by molar-refractivity contribution is 7.99. The van der Waals surface area contributed by atoms with E-state index in [1.807, 2.05) is 32.9 Å². The molecule has 0 saturated heterocycles. The zero-order valence-electron chi connectivity index (χ0n) is 18.6. The fourth-order valence-electron chi connectivity index (χ4n) is 4.47. The summed E-state index contributed by atoms with van der Waals surface area (Å²) in [5.41, 5.74) is 1.83. The van der Waals surface area contributed by atoms with Crippen LogP contribution in [0.25, 0.3) is 10.2 Å². The number of amides is 1. The molecule has 4 rings (SSSR count). The molecule has 2 aromatic heterocycles. The van der Waals surface area contributed by atoms with E-state index < -0.39 is 0 Å². The van der Waals surface area contributed by atoms with E-state index in [9.17, 15) is 14.0 Å². The van der Waals surface area contributed by atoms with E-state index in [1.165, 1.54) is 35.2 Å². The van der Waals surface area contributed by atoms with Crippen LogP contribution in [0.3, 0.4) is 0 Å². The second kappa shape index (κ2) is 9.35. The van der Waals surface area contributed by atoms with Gasteiger partial charge in [0, 0.05) is 16.8 Å². The summed E-state index contributed by atoms with van der Waals surface area (Å²) in [6, 6.07) is 6.68. The molecule has 8 heteroatoms. The Bertz CT molecular complexity index is 1180. The first-order valence-electron chi connectivity index (χ1n) is 10.9. The number of benzene rings is 1. The van der Waals surface area contributed by atoms with Crippen molar-refractivity contribution in [2.45, 2.75) is 62.9 Å². The molecular weight excluding hydrogens is 445 g/mol. The Kier molecular flexibility index (Phi) is 6.72. The molecule has 1 atom stereocenters. The molecule has 1 aliphatic carbocycles. The minimum absolute atomic E-state index is 0.0328. The third-order valence-corrected chi connectivity index (χ3v) is 8.80. The maximum absolute atomic E-state index is 13.4. The van der Waals surface area contributed by atoms with E-state index in [4.69, 9.17) is 0 Å². The summed E-state index contributed by atoms with van der Waals surface area (Å²) in [5, 5.41) is 3.50. The van der Waals surface area contributed by atoms with Crippen molar-refractivity contribution in [3.63, 3.8) is 0 Å². The van der Waals surface area contributed by atoms with Gasteiger partial charge in [0.15, 0.2) is 0 Å². The van der Waals surface area contributed by atoms with E-state index in [1.54, 1.807) is 0 Å². The molecule has 1 amide bonds. The predicted octanol–water partition coefficient (Wildman–Crippen LogP) is 4.99. The number of thioether (sulfide) groups is 1. The van der Waals surface area contributed by atoms with Gasteiger partial charge < -0.3 is 10.3 Å². The van der Waals surface area contributed by atoms with Gasteiger partial charge in [-0.3, -0.25) is 9.59 Å². The first-order valence-corrected chi connectivity index (χ1v) is 12.8. The minimum atomic E-state index is -0.283. The molecule has 1 fully saturated rings. The van der Waals surface area contributed by atoms with Crippen molar-refractivity contribution in [1.82, 2.24) is 15.3 Å². The highest BCUT2D eigenvalue weighted by Gasteiger charge is 2.36. The molecule has 1 aromatic carbocycles. The summed E-state index contributed by atoms with van der Waals surface area (Å²) in [5.74, 6) is 0.772. The number of hydrogen-bond donors (Lipinski definition) is 2. The van der Waals surface area contributed by atoms with Crippen LogP contribution in [-0.4, -0.2) is 27.7 Å². The number of aromatic amines is 1. The van der Waals surface area contributed by atoms with Crippen LogP contribution < -0.4 is 10.9 Å². The summed E-state index contributed by atoms with van der Waals surface area (Å²) in [6.07, 6.45) is 4.21. The van der Waals surface area contributed by atoms with Crippen molar-refractivity contribution in [2.75, 3.05) is 6.54 Å². The van der Waals surface area contributed by atoms with Gasteiger partial charge in [0.1, 0.15) is 16.5 Å². The molecule has 170 valence electrons. The lowest BCUT2D eigenvalue weighted by Crippen LogP contribution is -2.41. The van der Waals surface area contributed by atoms with Gasteiger partial charge >= 0.3 is 0 Å². The average molecular weight is 474 g/mol. The van der Waals surface area contributed by atoms with Gasteiger partial charge in [-0.15, -0.1) is 23.1 Å². The summed E-state index contributed by atoms with van der Waals surface area (Å²) in [7, 11) is 0. The Labute approximate surface area is 195 Å². The van der Waals surface area contributed by atoms with E-state index in [0.717, 1.165) is 46.5 Å². The third kappa shape index (κ3) is 4.62. The summed E-state index contributed by atoms with van der Waals surface area (Å²) < 4.78 is 13.4. The van der Waals surface area contributed by atoms with Gasteiger partial charge in [-0.05, 0) is 56.9 Å². The zero-order chi connectivity index (χ0) is 22.9. The first-order chi connectivity index (χ1) is 15.3. The Morgan fingerprint density at radius 3 is 2.66 bits per heavy atom. The minimum Gasteiger partial charge on any atom is -0.354 e. The fourth-order valence-corrected chi connectivity index (χ4v) is 6.30. The predicted molar refractivity (Wildman–Crippen MR) is 130 cm³/mol. The van der Waals surface area contributed by atoms with Crippen molar-refractivity contribution >= 4 is 39.2 Å². The zero-order valence-corrected chi connectivity index (χ0v) is 20.2. The summed E-state index contributed by atoms with van der Waals surface area (Å²) in [4.78, 5) is 34.5. The Hall–Kier alpha value is -2.19. The number of H-pyrrole nitrogens is 1. The van der Waals surface area contributed by atoms with Crippen molar-refractivity contribution in [1.29, 1.82) is 0 Å². The van der Waals surface area contributed by atoms with Gasteiger partial charge in [0.05, 0.1) is 16.4 Å². The van der Waals surface area contributed by atoms with Crippen LogP contribution >= 0.6 is 23.1 Å². The molecule has 2 N–H and O–H groups in total. The number of carbonyl (C=O) groups is 1. The molecule has 3 aromatic rings. The average Bonchev–Trinajstić information content (AvgIpc) is 3.36. The van der Waals surface area contributed by atoms with E-state index >= 15 is 0 Å². The van der Waals surface area contributed by atoms with Crippen molar-refractivity contribution < 1.29 is 9.18 Å². The number of nitrogens with zero attached hydrogens (tertiary/aromatic N) is 1. The quantitative estimate of drug-likeness (QED) is 0.507. The van der Waals surface area contributed by atoms with Gasteiger partial charge in [0.25, 0.3) is 5.56 Å². The normalized spacial score (nSPS) is 16.4. The van der Waals surface area contributed by atoms with Crippen LogP contribution in [0.2, 0.25) is 0 Å². The van der Waals surface area contributed by atoms with Gasteiger partial charge in [0.2, 0.25) is 5.91 Å². The van der Waals surface area contributed by atoms with Crippen LogP contribution in [0.5, 0.6) is 0 Å². The fraction of sp³-hybridized carbons (Fsp3) is 0.458. The summed E-state index contributed by atoms with van der Waals surface area (Å²) >= 11 is 2.98. The maximum Gasteiger partial charge on any atom is 0.259 e. The standard InChI is InChI=1S/C24H28FN3O2S2/c1-14-15(2)32-23-20(14)22(30)27-19(28-23)12-31-16(3)21(29)26-13-24(10-4-5-11-24)17-6-8-18(25)9-7-17/h6-9,16H,4-5,10-13H2,1-3H3,(H,26,29)(H,27,28,30). The van der Waals surface area contributed by atoms with Crippen LogP contribution in [0.15, 0.2) is 29.1 Å². The smallest absolute Gasteiger partial charge is 0.259 e. The summed E-state index contributed by atoms with van der Waals surface area (Å²) in [6.45, 7) is 6.35. The van der Waals surface area contributed by atoms with Crippen molar-refractivity contribution in [3.8, 4) is 0 Å². The van der Waals surface area contributed by atoms with Gasteiger partial charge in [-0.1, -0.05) is 25.0 Å². The second-order valence-electron chi connectivity index (χ2n) is 8.64. The SMILES string of the molecule is Cc1sc2nc(CSC(C)C(=O)NCC3(c4ccc(F)cc4)CCCC3)[nH]c(=O)c2c1C. The molecule has 1 aliphatic rings. The molecule has 32 heavy (non-hydrogen) atoms. The number of nitrogens with one attached hydrogen (secondary N) is 2. The molecule has 5 nitrogen and oxygen atoms in total. The van der Waals surface area contributed by atoms with Crippen LogP contribution in [0, 0.1) is 19.7 Å². The van der Waals surface area contributed by atoms with Crippen molar-refractivity contribution in [2.24, 2.45) is 0 Å². The lowest BCUT2D eigenvalue weighted by molar-refractivity contribution is -0.120. The Morgan fingerprint density at radius 2 is 1.97 bits per heavy atom. The topological polar surface area (TPSA) is 74.8 Å². The molecule has 0 bridgehead atoms. The first kappa shape index (κ1) is 23.0. The molecule has 0 radical (unpaired) electrons. The number of hydrogen-bond acceptors (Lipinski definition) is 5. The lowest BCUT2D eigenvalue weighted by Gasteiger charge is -2.30. The van der Waals surface area contributed by atoms with E-state index in [-0.39, 0.29) is 27.9 Å². The van der Waals surface area contributed by atoms with Crippen LogP contribution in [0.1, 0.15) is 54.4 Å². The number of thiophene rings is 1. The number of carbonyl (C=O) groups excluding carboxylic acids is 1. The third-order valence-electron chi connectivity index (χ3n) is 6.55. The van der Waals surface area contributed by atoms with Gasteiger partial charge in [-0.2, -0.15) is 0 Å². The number of halogens is 1. The molecular formula is C24H28FN3O2S2. The van der Waals surface area contributed by atoms with Crippen LogP contribution in [0.4, 0.5) is 4.39 Å². The Balaban J connectivity index is 1.38. The van der Waals surface area contributed by atoms with E-state index in [0.29, 0.717) is 23.5 Å². The lowest BCUT2D eigenvalue weighted by atomic mass is 9.79. The second-order valence-corrected chi connectivity index (χ2v) is 11.2. The molecule has 1 unspecified atom stereocenters. The highest BCUT2D eigenvalue weighted by atomic mass is 32.2. The number of fused-ring (bicyclic) bond motifs is 1. The maximum atomic E-state index is 13.4. The Morgan fingerprint density at radius 1 is 1.28 bits per heavy atom. The monoisotopic (exact) mass is 473 g/mol.